The number of nitrogens with one attached hydrogen (secondary N) is 3. The predicted octanol–water partition coefficient (Wildman–Crippen LogP) is 3.09. The van der Waals surface area contributed by atoms with Crippen LogP contribution in [0.5, 0.6) is 0 Å². The van der Waals surface area contributed by atoms with Crippen LogP contribution >= 0.6 is 0 Å². The fourth-order valence-electron chi connectivity index (χ4n) is 3.94. The summed E-state index contributed by atoms with van der Waals surface area (Å²) >= 11 is 0. The van der Waals surface area contributed by atoms with Gasteiger partial charge in [0.25, 0.3) is 11.8 Å². The Hall–Kier alpha value is -3.68. The molecule has 0 aliphatic carbocycles. The van der Waals surface area contributed by atoms with E-state index in [1.165, 1.54) is 11.0 Å². The van der Waals surface area contributed by atoms with Gasteiger partial charge in [-0.15, -0.1) is 0 Å². The van der Waals surface area contributed by atoms with Crippen LogP contribution in [-0.4, -0.2) is 54.3 Å². The number of hydrogen-bond acceptors (Lipinski definition) is 3. The van der Waals surface area contributed by atoms with Gasteiger partial charge < -0.3 is 15.6 Å². The first kappa shape index (κ1) is 21.5. The Bertz CT molecular complexity index is 1140. The third-order valence-electron chi connectivity index (χ3n) is 5.62. The maximum absolute atomic E-state index is 13.5. The molecule has 2 aromatic carbocycles. The number of amides is 2. The Morgan fingerprint density at radius 1 is 1.03 bits per heavy atom. The lowest BCUT2D eigenvalue weighted by Crippen LogP contribution is -2.39. The van der Waals surface area contributed by atoms with Gasteiger partial charge in [-0.2, -0.15) is 0 Å². The van der Waals surface area contributed by atoms with E-state index in [4.69, 9.17) is 0 Å². The lowest BCUT2D eigenvalue weighted by atomic mass is 10.1. The second-order valence-corrected chi connectivity index (χ2v) is 7.69. The number of carbonyl (C=O) groups is 2. The average Bonchev–Trinajstić information content (AvgIpc) is 3.31. The average molecular weight is 436 g/mol. The van der Waals surface area contributed by atoms with Crippen LogP contribution in [0, 0.1) is 5.82 Å². The number of hydrogen-bond donors (Lipinski definition) is 3. The van der Waals surface area contributed by atoms with Crippen molar-refractivity contribution in [3.63, 3.8) is 0 Å². The quantitative estimate of drug-likeness (QED) is 0.220. The monoisotopic (exact) mass is 435 g/mol. The first-order chi connectivity index (χ1) is 15.6. The summed E-state index contributed by atoms with van der Waals surface area (Å²) in [5.41, 5.74) is 2.93. The summed E-state index contributed by atoms with van der Waals surface area (Å²) in [5.74, 6) is 0.00291. The molecule has 166 valence electrons. The van der Waals surface area contributed by atoms with Gasteiger partial charge in [-0.05, 0) is 55.2 Å². The Morgan fingerprint density at radius 2 is 1.75 bits per heavy atom. The van der Waals surface area contributed by atoms with Crippen molar-refractivity contribution in [3.05, 3.63) is 71.2 Å². The molecule has 0 spiro atoms. The number of guanidine groups is 1. The Balaban J connectivity index is 1.17. The van der Waals surface area contributed by atoms with E-state index >= 15 is 0 Å². The van der Waals surface area contributed by atoms with Gasteiger partial charge in [-0.3, -0.25) is 19.5 Å². The molecule has 2 heterocycles. The molecule has 4 rings (SSSR count). The number of benzene rings is 2. The summed E-state index contributed by atoms with van der Waals surface area (Å²) in [5, 5.41) is 7.39. The van der Waals surface area contributed by atoms with Crippen LogP contribution < -0.4 is 10.6 Å². The first-order valence-corrected chi connectivity index (χ1v) is 10.7. The van der Waals surface area contributed by atoms with Crippen molar-refractivity contribution in [2.24, 2.45) is 4.99 Å². The third kappa shape index (κ3) is 4.49. The molecule has 32 heavy (non-hydrogen) atoms. The van der Waals surface area contributed by atoms with Crippen molar-refractivity contribution in [3.8, 4) is 0 Å². The Kier molecular flexibility index (Phi) is 6.49. The minimum absolute atomic E-state index is 0.215. The molecule has 3 N–H and O–H groups in total. The Labute approximate surface area is 185 Å². The third-order valence-corrected chi connectivity index (χ3v) is 5.62. The highest BCUT2D eigenvalue weighted by atomic mass is 19.1. The van der Waals surface area contributed by atoms with Gasteiger partial charge in [0.1, 0.15) is 5.82 Å². The molecule has 0 fully saturated rings. The van der Waals surface area contributed by atoms with E-state index in [2.05, 4.69) is 20.6 Å². The normalized spacial score (nSPS) is 13.7. The van der Waals surface area contributed by atoms with Crippen molar-refractivity contribution in [2.75, 3.05) is 26.7 Å². The van der Waals surface area contributed by atoms with Crippen LogP contribution in [0.1, 0.15) is 39.1 Å². The number of unbranched alkanes of at least 4 members (excludes halogenated alkanes) is 1. The van der Waals surface area contributed by atoms with Gasteiger partial charge in [-0.25, -0.2) is 4.39 Å². The van der Waals surface area contributed by atoms with Gasteiger partial charge in [0, 0.05) is 43.8 Å². The molecule has 3 aromatic rings. The molecule has 1 aromatic heterocycles. The maximum atomic E-state index is 13.5. The van der Waals surface area contributed by atoms with Crippen LogP contribution in [0.4, 0.5) is 4.39 Å². The van der Waals surface area contributed by atoms with Crippen LogP contribution in [0.15, 0.2) is 53.7 Å². The summed E-state index contributed by atoms with van der Waals surface area (Å²) in [6.07, 6.45) is 4.12. The molecule has 1 aliphatic heterocycles. The number of rotatable bonds is 8. The molecule has 0 radical (unpaired) electrons. The van der Waals surface area contributed by atoms with Gasteiger partial charge in [0.05, 0.1) is 11.1 Å². The molecule has 0 saturated heterocycles. The fourth-order valence-corrected chi connectivity index (χ4v) is 3.94. The summed E-state index contributed by atoms with van der Waals surface area (Å²) in [6, 6.07) is 11.7. The van der Waals surface area contributed by atoms with E-state index in [-0.39, 0.29) is 17.6 Å². The van der Waals surface area contributed by atoms with Gasteiger partial charge >= 0.3 is 0 Å². The number of aromatic amines is 1. The highest BCUT2D eigenvalue weighted by Crippen LogP contribution is 2.22. The zero-order valence-electron chi connectivity index (χ0n) is 18.0. The highest BCUT2D eigenvalue weighted by Gasteiger charge is 2.34. The number of halogens is 1. The topological polar surface area (TPSA) is 89.6 Å². The van der Waals surface area contributed by atoms with E-state index in [1.54, 1.807) is 43.4 Å². The van der Waals surface area contributed by atoms with E-state index < -0.39 is 0 Å². The summed E-state index contributed by atoms with van der Waals surface area (Å²) in [7, 11) is 1.70. The minimum Gasteiger partial charge on any atom is -0.361 e. The first-order valence-electron chi connectivity index (χ1n) is 10.7. The van der Waals surface area contributed by atoms with Crippen molar-refractivity contribution in [1.29, 1.82) is 0 Å². The van der Waals surface area contributed by atoms with E-state index in [0.29, 0.717) is 43.1 Å². The number of aromatic nitrogens is 1. The molecule has 0 atom stereocenters. The van der Waals surface area contributed by atoms with Crippen LogP contribution in [0.25, 0.3) is 10.9 Å². The number of fused-ring (bicyclic) bond motifs is 2. The lowest BCUT2D eigenvalue weighted by Gasteiger charge is -2.15. The summed E-state index contributed by atoms with van der Waals surface area (Å²) in [4.78, 5) is 33.5. The van der Waals surface area contributed by atoms with Crippen LogP contribution in [0.2, 0.25) is 0 Å². The molecule has 8 heteroatoms. The number of aliphatic imine (C=N–C) groups is 1. The molecule has 7 nitrogen and oxygen atoms in total. The largest absolute Gasteiger partial charge is 0.361 e. The second-order valence-electron chi connectivity index (χ2n) is 7.69. The van der Waals surface area contributed by atoms with Crippen molar-refractivity contribution in [1.82, 2.24) is 20.5 Å². The van der Waals surface area contributed by atoms with E-state index in [9.17, 15) is 14.0 Å². The zero-order chi connectivity index (χ0) is 22.5. The molecule has 0 saturated carbocycles. The molecular weight excluding hydrogens is 409 g/mol. The maximum Gasteiger partial charge on any atom is 0.261 e. The van der Waals surface area contributed by atoms with Gasteiger partial charge in [0.2, 0.25) is 0 Å². The molecular formula is C24H26FN5O2. The Morgan fingerprint density at radius 3 is 2.47 bits per heavy atom. The lowest BCUT2D eigenvalue weighted by molar-refractivity contribution is 0.0652. The predicted molar refractivity (Wildman–Crippen MR) is 122 cm³/mol. The molecule has 0 bridgehead atoms. The van der Waals surface area contributed by atoms with Crippen molar-refractivity contribution >= 4 is 28.7 Å². The van der Waals surface area contributed by atoms with Crippen molar-refractivity contribution < 1.29 is 14.0 Å². The number of imide groups is 1. The SMILES string of the molecule is CN=C(NCCCCN1C(=O)c2ccccc2C1=O)NCCc1c[nH]c2ccc(F)cc12. The van der Waals surface area contributed by atoms with E-state index in [0.717, 1.165) is 29.3 Å². The standard InChI is InChI=1S/C24H26FN5O2/c1-26-24(28-12-10-16-15-29-21-9-8-17(25)14-20(16)21)27-11-4-5-13-30-22(31)18-6-2-3-7-19(18)23(30)32/h2-3,6-9,14-15,29H,4-5,10-13H2,1H3,(H2,26,27,28). The minimum atomic E-state index is -0.245. The highest BCUT2D eigenvalue weighted by molar-refractivity contribution is 6.21. The number of H-pyrrole nitrogens is 1. The summed E-state index contributed by atoms with van der Waals surface area (Å²) < 4.78 is 13.5. The van der Waals surface area contributed by atoms with Crippen LogP contribution in [0.3, 0.4) is 0 Å². The molecule has 1 aliphatic rings. The number of nitrogens with zero attached hydrogens (tertiary/aromatic N) is 2. The molecule has 0 unspecified atom stereocenters. The summed E-state index contributed by atoms with van der Waals surface area (Å²) in [6.45, 7) is 1.72. The zero-order valence-corrected chi connectivity index (χ0v) is 18.0. The second kappa shape index (κ2) is 9.64. The smallest absolute Gasteiger partial charge is 0.261 e. The van der Waals surface area contributed by atoms with E-state index in [1.807, 2.05) is 6.20 Å². The van der Waals surface area contributed by atoms with Crippen LogP contribution in [-0.2, 0) is 6.42 Å². The van der Waals surface area contributed by atoms with Crippen molar-refractivity contribution in [2.45, 2.75) is 19.3 Å². The molecule has 2 amide bonds. The fraction of sp³-hybridized carbons (Fsp3) is 0.292. The van der Waals surface area contributed by atoms with Gasteiger partial charge in [0.15, 0.2) is 5.96 Å². The number of carbonyl (C=O) groups excluding carboxylic acids is 2. The van der Waals surface area contributed by atoms with Gasteiger partial charge in [-0.1, -0.05) is 12.1 Å².